The van der Waals surface area contributed by atoms with Crippen LogP contribution in [0.15, 0.2) is 0 Å². The normalized spacial score (nSPS) is 12.9. The van der Waals surface area contributed by atoms with Crippen LogP contribution in [0.1, 0.15) is 53.8 Å². The van der Waals surface area contributed by atoms with E-state index in [2.05, 4.69) is 15.3 Å². The zero-order chi connectivity index (χ0) is 16.2. The van der Waals surface area contributed by atoms with Gasteiger partial charge in [0.25, 0.3) is 5.88 Å². The summed E-state index contributed by atoms with van der Waals surface area (Å²) in [6.07, 6.45) is 0.829. The monoisotopic (exact) mass is 296 g/mol. The Balaban J connectivity index is 3.47. The van der Waals surface area contributed by atoms with Gasteiger partial charge < -0.3 is 10.1 Å². The van der Waals surface area contributed by atoms with Crippen molar-refractivity contribution in [1.82, 2.24) is 9.97 Å². The SMILES string of the molecule is CCOc1nc(C(C)(C)C)nc(NC(C)CC)c1[N+](=O)[O-]. The minimum absolute atomic E-state index is 0.0215. The van der Waals surface area contributed by atoms with Crippen molar-refractivity contribution in [3.63, 3.8) is 0 Å². The number of nitro groups is 1. The molecule has 118 valence electrons. The number of hydrogen-bond donors (Lipinski definition) is 1. The first kappa shape index (κ1) is 17.1. The highest BCUT2D eigenvalue weighted by atomic mass is 16.6. The van der Waals surface area contributed by atoms with Crippen LogP contribution in [-0.2, 0) is 5.41 Å². The molecule has 0 amide bonds. The van der Waals surface area contributed by atoms with Crippen molar-refractivity contribution in [3.05, 3.63) is 15.9 Å². The lowest BCUT2D eigenvalue weighted by atomic mass is 9.95. The second-order valence-electron chi connectivity index (χ2n) is 5.94. The molecule has 7 nitrogen and oxygen atoms in total. The lowest BCUT2D eigenvalue weighted by Crippen LogP contribution is -2.22. The summed E-state index contributed by atoms with van der Waals surface area (Å²) in [4.78, 5) is 19.4. The van der Waals surface area contributed by atoms with E-state index in [0.29, 0.717) is 12.4 Å². The molecule has 0 saturated carbocycles. The van der Waals surface area contributed by atoms with Gasteiger partial charge in [-0.2, -0.15) is 4.98 Å². The minimum Gasteiger partial charge on any atom is -0.473 e. The Labute approximate surface area is 125 Å². The van der Waals surface area contributed by atoms with Crippen LogP contribution in [0.3, 0.4) is 0 Å². The van der Waals surface area contributed by atoms with E-state index in [4.69, 9.17) is 4.74 Å². The molecule has 7 heteroatoms. The van der Waals surface area contributed by atoms with Crippen LogP contribution >= 0.6 is 0 Å². The Bertz CT molecular complexity index is 512. The highest BCUT2D eigenvalue weighted by Crippen LogP contribution is 2.35. The Kier molecular flexibility index (Phi) is 5.46. The Morgan fingerprint density at radius 2 is 1.95 bits per heavy atom. The van der Waals surface area contributed by atoms with Crippen LogP contribution in [0.25, 0.3) is 0 Å². The zero-order valence-corrected chi connectivity index (χ0v) is 13.6. The summed E-state index contributed by atoms with van der Waals surface area (Å²) in [6, 6.07) is 0.0703. The third-order valence-electron chi connectivity index (χ3n) is 2.98. The molecule has 0 spiro atoms. The molecule has 0 aliphatic heterocycles. The van der Waals surface area contributed by atoms with E-state index in [1.165, 1.54) is 0 Å². The molecule has 0 bridgehead atoms. The predicted octanol–water partition coefficient (Wildman–Crippen LogP) is 3.29. The third-order valence-corrected chi connectivity index (χ3v) is 2.98. The van der Waals surface area contributed by atoms with Gasteiger partial charge in [-0.25, -0.2) is 4.98 Å². The quantitative estimate of drug-likeness (QED) is 0.640. The van der Waals surface area contributed by atoms with Gasteiger partial charge in [0, 0.05) is 11.5 Å². The van der Waals surface area contributed by atoms with Crippen LogP contribution in [0.4, 0.5) is 11.5 Å². The third kappa shape index (κ3) is 4.27. The van der Waals surface area contributed by atoms with Crippen molar-refractivity contribution in [3.8, 4) is 5.88 Å². The molecular formula is C14H24N4O3. The molecule has 21 heavy (non-hydrogen) atoms. The lowest BCUT2D eigenvalue weighted by Gasteiger charge is -2.20. The Hall–Kier alpha value is -1.92. The predicted molar refractivity (Wildman–Crippen MR) is 81.9 cm³/mol. The molecule has 1 unspecified atom stereocenters. The average molecular weight is 296 g/mol. The zero-order valence-electron chi connectivity index (χ0n) is 13.6. The van der Waals surface area contributed by atoms with Gasteiger partial charge in [0.2, 0.25) is 5.82 Å². The molecule has 1 heterocycles. The van der Waals surface area contributed by atoms with Crippen molar-refractivity contribution in [2.45, 2.75) is 59.4 Å². The van der Waals surface area contributed by atoms with Gasteiger partial charge in [-0.15, -0.1) is 0 Å². The van der Waals surface area contributed by atoms with E-state index >= 15 is 0 Å². The van der Waals surface area contributed by atoms with Crippen molar-refractivity contribution in [2.75, 3.05) is 11.9 Å². The van der Waals surface area contributed by atoms with Crippen LogP contribution in [0.5, 0.6) is 5.88 Å². The molecule has 1 N–H and O–H groups in total. The fourth-order valence-electron chi connectivity index (χ4n) is 1.61. The number of ether oxygens (including phenoxy) is 1. The highest BCUT2D eigenvalue weighted by molar-refractivity contribution is 5.62. The van der Waals surface area contributed by atoms with Crippen molar-refractivity contribution < 1.29 is 9.66 Å². The minimum atomic E-state index is -0.498. The molecule has 0 aliphatic carbocycles. The van der Waals surface area contributed by atoms with Gasteiger partial charge in [-0.3, -0.25) is 10.1 Å². The Morgan fingerprint density at radius 1 is 1.33 bits per heavy atom. The molecular weight excluding hydrogens is 272 g/mol. The van der Waals surface area contributed by atoms with Crippen LogP contribution < -0.4 is 10.1 Å². The number of hydrogen-bond acceptors (Lipinski definition) is 6. The number of nitrogens with one attached hydrogen (secondary N) is 1. The summed E-state index contributed by atoms with van der Waals surface area (Å²) >= 11 is 0. The van der Waals surface area contributed by atoms with Gasteiger partial charge in [0.05, 0.1) is 11.5 Å². The summed E-state index contributed by atoms with van der Waals surface area (Å²) in [7, 11) is 0. The van der Waals surface area contributed by atoms with E-state index in [-0.39, 0.29) is 28.8 Å². The van der Waals surface area contributed by atoms with Crippen molar-refractivity contribution in [1.29, 1.82) is 0 Å². The maximum absolute atomic E-state index is 11.4. The van der Waals surface area contributed by atoms with Gasteiger partial charge in [0.1, 0.15) is 5.82 Å². The average Bonchev–Trinajstić information content (AvgIpc) is 2.37. The van der Waals surface area contributed by atoms with Crippen molar-refractivity contribution >= 4 is 11.5 Å². The highest BCUT2D eigenvalue weighted by Gasteiger charge is 2.30. The van der Waals surface area contributed by atoms with E-state index in [1.54, 1.807) is 6.92 Å². The topological polar surface area (TPSA) is 90.2 Å². The van der Waals surface area contributed by atoms with Crippen LogP contribution in [0.2, 0.25) is 0 Å². The van der Waals surface area contributed by atoms with Crippen LogP contribution in [-0.4, -0.2) is 27.5 Å². The number of anilines is 1. The largest absolute Gasteiger partial charge is 0.473 e. The van der Waals surface area contributed by atoms with Gasteiger partial charge in [-0.05, 0) is 20.3 Å². The smallest absolute Gasteiger partial charge is 0.372 e. The van der Waals surface area contributed by atoms with Crippen LogP contribution in [0, 0.1) is 10.1 Å². The van der Waals surface area contributed by atoms with Crippen molar-refractivity contribution in [2.24, 2.45) is 0 Å². The molecule has 0 saturated heterocycles. The summed E-state index contributed by atoms with van der Waals surface area (Å²) < 4.78 is 5.36. The molecule has 0 aliphatic rings. The summed E-state index contributed by atoms with van der Waals surface area (Å²) in [6.45, 7) is 11.9. The second kappa shape index (κ2) is 6.69. The molecule has 1 aromatic rings. The summed E-state index contributed by atoms with van der Waals surface area (Å²) in [5, 5.41) is 14.4. The molecule has 0 aromatic carbocycles. The maximum atomic E-state index is 11.4. The van der Waals surface area contributed by atoms with E-state index in [1.807, 2.05) is 34.6 Å². The number of rotatable bonds is 6. The molecule has 0 radical (unpaired) electrons. The fraction of sp³-hybridized carbons (Fsp3) is 0.714. The van der Waals surface area contributed by atoms with E-state index in [0.717, 1.165) is 6.42 Å². The van der Waals surface area contributed by atoms with E-state index < -0.39 is 4.92 Å². The van der Waals surface area contributed by atoms with Gasteiger partial charge in [0.15, 0.2) is 0 Å². The second-order valence-corrected chi connectivity index (χ2v) is 5.94. The maximum Gasteiger partial charge on any atom is 0.372 e. The van der Waals surface area contributed by atoms with E-state index in [9.17, 15) is 10.1 Å². The molecule has 0 fully saturated rings. The fourth-order valence-corrected chi connectivity index (χ4v) is 1.61. The first-order chi connectivity index (χ1) is 9.70. The van der Waals surface area contributed by atoms with Gasteiger partial charge in [-0.1, -0.05) is 27.7 Å². The summed E-state index contributed by atoms with van der Waals surface area (Å²) in [5.74, 6) is 0.758. The lowest BCUT2D eigenvalue weighted by molar-refractivity contribution is -0.385. The first-order valence-corrected chi connectivity index (χ1v) is 7.16. The molecule has 1 atom stereocenters. The first-order valence-electron chi connectivity index (χ1n) is 7.16. The number of aromatic nitrogens is 2. The Morgan fingerprint density at radius 3 is 2.38 bits per heavy atom. The summed E-state index contributed by atoms with van der Waals surface area (Å²) in [5.41, 5.74) is -0.530. The van der Waals surface area contributed by atoms with Gasteiger partial charge >= 0.3 is 5.69 Å². The molecule has 1 aromatic heterocycles. The number of nitrogens with zero attached hydrogens (tertiary/aromatic N) is 3. The standard InChI is InChI=1S/C14H24N4O3/c1-7-9(3)15-11-10(18(19)20)12(21-8-2)17-13(16-11)14(4,5)6/h9H,7-8H2,1-6H3,(H,15,16,17). The molecule has 1 rings (SSSR count).